The Hall–Kier alpha value is -2.39. The molecule has 1 heterocycles. The minimum Gasteiger partial charge on any atom is -0.490 e. The SMILES string of the molecule is Cc1c(Cl)c(OCCCS(C)(=O)=O)c(Cl)c(C)c1-c1cccc2c1CCC2Oc1ccc2c(c1)SC[C@H]2CC(=O)O. The van der Waals surface area contributed by atoms with Gasteiger partial charge in [-0.25, -0.2) is 8.42 Å². The Morgan fingerprint density at radius 2 is 1.83 bits per heavy atom. The Morgan fingerprint density at radius 3 is 2.51 bits per heavy atom. The van der Waals surface area contributed by atoms with Gasteiger partial charge < -0.3 is 14.6 Å². The number of aliphatic carboxylic acids is 1. The van der Waals surface area contributed by atoms with Gasteiger partial charge in [-0.1, -0.05) is 47.5 Å². The van der Waals surface area contributed by atoms with Gasteiger partial charge in [0.25, 0.3) is 0 Å². The summed E-state index contributed by atoms with van der Waals surface area (Å²) >= 11 is 15.2. The first-order chi connectivity index (χ1) is 19.4. The molecular weight excluding hydrogens is 603 g/mol. The minimum atomic E-state index is -3.07. The summed E-state index contributed by atoms with van der Waals surface area (Å²) in [5.41, 5.74) is 7.17. The van der Waals surface area contributed by atoms with Gasteiger partial charge in [-0.05, 0) is 84.2 Å². The maximum absolute atomic E-state index is 11.5. The fraction of sp³-hybridized carbons (Fsp3) is 0.387. The molecule has 2 aliphatic rings. The first kappa shape index (κ1) is 30.1. The Kier molecular flexibility index (Phi) is 8.86. The van der Waals surface area contributed by atoms with Crippen molar-refractivity contribution in [1.82, 2.24) is 0 Å². The number of thioether (sulfide) groups is 1. The summed E-state index contributed by atoms with van der Waals surface area (Å²) in [4.78, 5) is 12.3. The summed E-state index contributed by atoms with van der Waals surface area (Å²) in [5, 5.41) is 10.1. The molecule has 3 aromatic rings. The monoisotopic (exact) mass is 634 g/mol. The second-order valence-corrected chi connectivity index (χ2v) is 14.8. The number of hydrogen-bond acceptors (Lipinski definition) is 6. The molecule has 0 amide bonds. The average molecular weight is 636 g/mol. The van der Waals surface area contributed by atoms with E-state index in [1.807, 2.05) is 38.1 Å². The second kappa shape index (κ2) is 12.1. The number of carbonyl (C=O) groups is 1. The van der Waals surface area contributed by atoms with Crippen molar-refractivity contribution in [2.24, 2.45) is 0 Å². The van der Waals surface area contributed by atoms with E-state index >= 15 is 0 Å². The molecular formula is C31H32Cl2O6S2. The number of carboxylic acid groups (broad SMARTS) is 1. The van der Waals surface area contributed by atoms with Crippen molar-refractivity contribution in [3.63, 3.8) is 0 Å². The molecule has 0 bridgehead atoms. The summed E-state index contributed by atoms with van der Waals surface area (Å²) < 4.78 is 35.3. The van der Waals surface area contributed by atoms with Gasteiger partial charge in [-0.3, -0.25) is 4.79 Å². The molecule has 1 aliphatic carbocycles. The molecule has 5 rings (SSSR count). The average Bonchev–Trinajstić information content (AvgIpc) is 3.50. The third kappa shape index (κ3) is 6.36. The fourth-order valence-corrected chi connectivity index (χ4v) is 8.27. The van der Waals surface area contributed by atoms with Crippen molar-refractivity contribution in [2.45, 2.75) is 56.4 Å². The normalized spacial score (nSPS) is 17.8. The van der Waals surface area contributed by atoms with E-state index in [4.69, 9.17) is 32.7 Å². The van der Waals surface area contributed by atoms with Gasteiger partial charge in [-0.15, -0.1) is 11.8 Å². The van der Waals surface area contributed by atoms with E-state index in [1.54, 1.807) is 11.8 Å². The molecule has 6 nitrogen and oxygen atoms in total. The number of hydrogen-bond donors (Lipinski definition) is 1. The smallest absolute Gasteiger partial charge is 0.303 e. The van der Waals surface area contributed by atoms with Crippen LogP contribution in [0.4, 0.5) is 0 Å². The zero-order valence-corrected chi connectivity index (χ0v) is 26.3. The summed E-state index contributed by atoms with van der Waals surface area (Å²) in [6.45, 7) is 4.10. The number of carboxylic acids is 1. The predicted molar refractivity (Wildman–Crippen MR) is 165 cm³/mol. The van der Waals surface area contributed by atoms with Crippen molar-refractivity contribution in [3.8, 4) is 22.6 Å². The first-order valence-electron chi connectivity index (χ1n) is 13.5. The van der Waals surface area contributed by atoms with E-state index in [-0.39, 0.29) is 30.8 Å². The number of rotatable bonds is 10. The third-order valence-corrected chi connectivity index (χ3v) is 10.9. The van der Waals surface area contributed by atoms with Crippen LogP contribution >= 0.6 is 35.0 Å². The maximum atomic E-state index is 11.5. The van der Waals surface area contributed by atoms with Gasteiger partial charge >= 0.3 is 5.97 Å². The van der Waals surface area contributed by atoms with Crippen LogP contribution in [0.2, 0.25) is 10.0 Å². The lowest BCUT2D eigenvalue weighted by atomic mass is 9.90. The van der Waals surface area contributed by atoms with Crippen LogP contribution in [0.5, 0.6) is 11.5 Å². The minimum absolute atomic E-state index is 0.0331. The number of fused-ring (bicyclic) bond motifs is 2. The van der Waals surface area contributed by atoms with Gasteiger partial charge in [0.2, 0.25) is 0 Å². The Balaban J connectivity index is 1.39. The molecule has 2 atom stereocenters. The van der Waals surface area contributed by atoms with Crippen molar-refractivity contribution < 1.29 is 27.8 Å². The molecule has 1 aliphatic heterocycles. The second-order valence-electron chi connectivity index (χ2n) is 10.7. The highest BCUT2D eigenvalue weighted by Crippen LogP contribution is 2.49. The van der Waals surface area contributed by atoms with E-state index in [0.29, 0.717) is 22.2 Å². The standard InChI is InChI=1S/C31H32Cl2O6S2/c1-17-28(18(2)30(33)31(29(17)32)38-12-5-13-41(3,36)37)24-7-4-6-23-22(24)10-11-25(23)39-20-8-9-21-19(14-27(34)35)16-40-26(21)15-20/h4,6-9,15,19,25H,5,10-14,16H2,1-3H3,(H,34,35)/t19-,25?/m1/s1. The molecule has 3 aromatic carbocycles. The number of benzene rings is 3. The van der Waals surface area contributed by atoms with Crippen LogP contribution in [-0.4, -0.2) is 43.9 Å². The van der Waals surface area contributed by atoms with Crippen LogP contribution in [0.25, 0.3) is 11.1 Å². The van der Waals surface area contributed by atoms with E-state index in [2.05, 4.69) is 12.1 Å². The molecule has 218 valence electrons. The molecule has 0 radical (unpaired) electrons. The van der Waals surface area contributed by atoms with Crippen LogP contribution in [-0.2, 0) is 21.1 Å². The van der Waals surface area contributed by atoms with E-state index in [1.165, 1.54) is 11.8 Å². The lowest BCUT2D eigenvalue weighted by molar-refractivity contribution is -0.137. The summed E-state index contributed by atoms with van der Waals surface area (Å²) in [5.74, 6) is 1.23. The predicted octanol–water partition coefficient (Wildman–Crippen LogP) is 7.82. The fourth-order valence-electron chi connectivity index (χ4n) is 5.81. The quantitative estimate of drug-likeness (QED) is 0.227. The molecule has 0 saturated heterocycles. The highest BCUT2D eigenvalue weighted by Gasteiger charge is 2.30. The molecule has 1 N–H and O–H groups in total. The largest absolute Gasteiger partial charge is 0.490 e. The van der Waals surface area contributed by atoms with E-state index in [9.17, 15) is 18.3 Å². The molecule has 10 heteroatoms. The van der Waals surface area contributed by atoms with Gasteiger partial charge in [0.1, 0.15) is 21.7 Å². The molecule has 41 heavy (non-hydrogen) atoms. The highest BCUT2D eigenvalue weighted by atomic mass is 35.5. The summed E-state index contributed by atoms with van der Waals surface area (Å²) in [7, 11) is -3.07. The highest BCUT2D eigenvalue weighted by molar-refractivity contribution is 7.99. The first-order valence-corrected chi connectivity index (χ1v) is 17.3. The van der Waals surface area contributed by atoms with Crippen molar-refractivity contribution in [3.05, 3.63) is 74.3 Å². The van der Waals surface area contributed by atoms with E-state index < -0.39 is 15.8 Å². The lowest BCUT2D eigenvalue weighted by Gasteiger charge is -2.21. The topological polar surface area (TPSA) is 89.9 Å². The molecule has 0 spiro atoms. The Labute approximate surface area is 255 Å². The Morgan fingerprint density at radius 1 is 1.10 bits per heavy atom. The molecule has 1 unspecified atom stereocenters. The van der Waals surface area contributed by atoms with Crippen LogP contribution < -0.4 is 9.47 Å². The van der Waals surface area contributed by atoms with Crippen molar-refractivity contribution >= 4 is 50.8 Å². The molecule has 0 aromatic heterocycles. The number of sulfone groups is 1. The van der Waals surface area contributed by atoms with E-state index in [0.717, 1.165) is 62.6 Å². The van der Waals surface area contributed by atoms with Gasteiger partial charge in [-0.2, -0.15) is 0 Å². The zero-order valence-electron chi connectivity index (χ0n) is 23.1. The molecule has 0 saturated carbocycles. The van der Waals surface area contributed by atoms with Crippen LogP contribution in [0.15, 0.2) is 41.3 Å². The summed E-state index contributed by atoms with van der Waals surface area (Å²) in [6, 6.07) is 12.2. The van der Waals surface area contributed by atoms with Gasteiger partial charge in [0, 0.05) is 22.8 Å². The van der Waals surface area contributed by atoms with Crippen LogP contribution in [0.1, 0.15) is 59.1 Å². The third-order valence-electron chi connectivity index (χ3n) is 7.76. The Bertz CT molecular complexity index is 1590. The van der Waals surface area contributed by atoms with Crippen LogP contribution in [0.3, 0.4) is 0 Å². The van der Waals surface area contributed by atoms with Crippen LogP contribution in [0, 0.1) is 13.8 Å². The van der Waals surface area contributed by atoms with Gasteiger partial charge in [0.05, 0.1) is 28.8 Å². The van der Waals surface area contributed by atoms with Gasteiger partial charge in [0.15, 0.2) is 5.75 Å². The zero-order chi connectivity index (χ0) is 29.5. The lowest BCUT2D eigenvalue weighted by Crippen LogP contribution is -2.09. The number of halogens is 2. The van der Waals surface area contributed by atoms with Crippen molar-refractivity contribution in [2.75, 3.05) is 24.4 Å². The number of ether oxygens (including phenoxy) is 2. The molecule has 0 fully saturated rings. The van der Waals surface area contributed by atoms with Crippen molar-refractivity contribution in [1.29, 1.82) is 0 Å². The summed E-state index contributed by atoms with van der Waals surface area (Å²) in [6.07, 6.45) is 3.27. The maximum Gasteiger partial charge on any atom is 0.303 e.